The molecular formula is C18H23N7S. The van der Waals surface area contributed by atoms with Crippen LogP contribution in [0.1, 0.15) is 20.3 Å². The van der Waals surface area contributed by atoms with Gasteiger partial charge in [0, 0.05) is 43.0 Å². The number of aliphatic imine (C=N–C) groups is 1. The minimum absolute atomic E-state index is 0.645. The molecule has 1 aromatic carbocycles. The van der Waals surface area contributed by atoms with E-state index in [0.717, 1.165) is 40.1 Å². The molecule has 0 spiro atoms. The van der Waals surface area contributed by atoms with Gasteiger partial charge in [-0.1, -0.05) is 25.6 Å². The average Bonchev–Trinajstić information content (AvgIpc) is 3.14. The molecule has 0 unspecified atom stereocenters. The van der Waals surface area contributed by atoms with Gasteiger partial charge in [0.2, 0.25) is 0 Å². The van der Waals surface area contributed by atoms with Crippen molar-refractivity contribution in [2.24, 2.45) is 4.99 Å². The van der Waals surface area contributed by atoms with E-state index in [1.807, 2.05) is 42.9 Å². The summed E-state index contributed by atoms with van der Waals surface area (Å²) in [5.41, 5.74) is 8.09. The lowest BCUT2D eigenvalue weighted by Crippen LogP contribution is -2.36. The van der Waals surface area contributed by atoms with E-state index in [2.05, 4.69) is 45.2 Å². The Kier molecular flexibility index (Phi) is 6.08. The first-order valence-corrected chi connectivity index (χ1v) is 9.41. The normalized spacial score (nSPS) is 11.7. The van der Waals surface area contributed by atoms with Gasteiger partial charge in [-0.25, -0.2) is 20.4 Å². The summed E-state index contributed by atoms with van der Waals surface area (Å²) in [5.74, 6) is 1.49. The summed E-state index contributed by atoms with van der Waals surface area (Å²) in [6.07, 6.45) is 6.36. The second-order valence-electron chi connectivity index (χ2n) is 5.51. The first kappa shape index (κ1) is 18.2. The van der Waals surface area contributed by atoms with Gasteiger partial charge < -0.3 is 15.1 Å². The quantitative estimate of drug-likeness (QED) is 0.336. The number of rotatable bonds is 7. The molecule has 0 aliphatic rings. The van der Waals surface area contributed by atoms with Crippen molar-refractivity contribution in [3.05, 3.63) is 42.9 Å². The molecule has 0 radical (unpaired) electrons. The van der Waals surface area contributed by atoms with Crippen LogP contribution in [0.3, 0.4) is 0 Å². The molecule has 2 heterocycles. The van der Waals surface area contributed by atoms with E-state index in [4.69, 9.17) is 4.98 Å². The van der Waals surface area contributed by atoms with Crippen molar-refractivity contribution in [1.29, 1.82) is 0 Å². The van der Waals surface area contributed by atoms with Crippen molar-refractivity contribution >= 4 is 34.7 Å². The van der Waals surface area contributed by atoms with Crippen LogP contribution >= 0.6 is 11.8 Å². The number of fused-ring (bicyclic) bond motifs is 1. The van der Waals surface area contributed by atoms with Gasteiger partial charge in [-0.05, 0) is 24.3 Å². The Bertz CT molecular complexity index is 886. The number of benzene rings is 1. The molecular weight excluding hydrogens is 346 g/mol. The Morgan fingerprint density at radius 1 is 1.23 bits per heavy atom. The summed E-state index contributed by atoms with van der Waals surface area (Å²) in [6.45, 7) is 4.90. The number of amidine groups is 1. The van der Waals surface area contributed by atoms with E-state index in [1.54, 1.807) is 18.0 Å². The van der Waals surface area contributed by atoms with Crippen LogP contribution in [0.2, 0.25) is 0 Å². The number of imidazole rings is 1. The summed E-state index contributed by atoms with van der Waals surface area (Å²) < 4.78 is 1.96. The highest BCUT2D eigenvalue weighted by atomic mass is 32.2. The SMILES string of the molecule is CCNN/C(CC)=N\c1cn2ccnc2c(Sc2ccc(NC)cc2)n1. The number of hydrogen-bond acceptors (Lipinski definition) is 6. The lowest BCUT2D eigenvalue weighted by Gasteiger charge is -2.09. The third-order valence-corrected chi connectivity index (χ3v) is 4.66. The second kappa shape index (κ2) is 8.68. The standard InChI is InChI=1S/C18H23N7S/c1-4-15(24-21-5-2)22-16-12-25-11-10-20-17(25)18(23-16)26-14-8-6-13(19-3)7-9-14/h6-12,19,21H,4-5H2,1-3H3,(H,22,24). The van der Waals surface area contributed by atoms with Crippen LogP contribution in [0.5, 0.6) is 0 Å². The van der Waals surface area contributed by atoms with Gasteiger partial charge in [0.15, 0.2) is 11.5 Å². The van der Waals surface area contributed by atoms with Crippen molar-refractivity contribution in [2.45, 2.75) is 30.2 Å². The molecule has 0 aliphatic carbocycles. The molecule has 0 saturated carbocycles. The minimum Gasteiger partial charge on any atom is -0.388 e. The molecule has 3 N–H and O–H groups in total. The van der Waals surface area contributed by atoms with E-state index >= 15 is 0 Å². The first-order chi connectivity index (χ1) is 12.7. The zero-order valence-corrected chi connectivity index (χ0v) is 16.0. The Morgan fingerprint density at radius 2 is 2.04 bits per heavy atom. The van der Waals surface area contributed by atoms with Crippen molar-refractivity contribution < 1.29 is 0 Å². The summed E-state index contributed by atoms with van der Waals surface area (Å²) in [4.78, 5) is 14.9. The molecule has 136 valence electrons. The van der Waals surface area contributed by atoms with E-state index in [1.165, 1.54) is 0 Å². The summed E-state index contributed by atoms with van der Waals surface area (Å²) in [6, 6.07) is 8.22. The van der Waals surface area contributed by atoms with Crippen molar-refractivity contribution in [3.8, 4) is 0 Å². The summed E-state index contributed by atoms with van der Waals surface area (Å²) in [7, 11) is 1.91. The van der Waals surface area contributed by atoms with E-state index in [9.17, 15) is 0 Å². The van der Waals surface area contributed by atoms with Crippen LogP contribution in [-0.2, 0) is 0 Å². The number of anilines is 1. The smallest absolute Gasteiger partial charge is 0.172 e. The van der Waals surface area contributed by atoms with Gasteiger partial charge in [0.25, 0.3) is 0 Å². The Morgan fingerprint density at radius 3 is 2.73 bits per heavy atom. The molecule has 7 nitrogen and oxygen atoms in total. The predicted octanol–water partition coefficient (Wildman–Crippen LogP) is 3.48. The van der Waals surface area contributed by atoms with Crippen LogP contribution in [-0.4, -0.2) is 33.8 Å². The van der Waals surface area contributed by atoms with Crippen molar-refractivity contribution in [2.75, 3.05) is 18.9 Å². The molecule has 0 fully saturated rings. The Labute approximate surface area is 157 Å². The number of nitrogens with one attached hydrogen (secondary N) is 3. The van der Waals surface area contributed by atoms with Gasteiger partial charge in [-0.15, -0.1) is 0 Å². The average molecular weight is 369 g/mol. The molecule has 0 amide bonds. The largest absolute Gasteiger partial charge is 0.388 e. The minimum atomic E-state index is 0.645. The fourth-order valence-electron chi connectivity index (χ4n) is 2.34. The molecule has 2 aromatic heterocycles. The monoisotopic (exact) mass is 369 g/mol. The maximum absolute atomic E-state index is 4.72. The van der Waals surface area contributed by atoms with E-state index < -0.39 is 0 Å². The molecule has 0 atom stereocenters. The fraction of sp³-hybridized carbons (Fsp3) is 0.278. The van der Waals surface area contributed by atoms with Gasteiger partial charge in [-0.3, -0.25) is 0 Å². The predicted molar refractivity (Wildman–Crippen MR) is 107 cm³/mol. The fourth-order valence-corrected chi connectivity index (χ4v) is 3.22. The highest BCUT2D eigenvalue weighted by molar-refractivity contribution is 7.99. The van der Waals surface area contributed by atoms with Crippen molar-refractivity contribution in [3.63, 3.8) is 0 Å². The molecule has 8 heteroatoms. The highest BCUT2D eigenvalue weighted by Crippen LogP contribution is 2.31. The molecule has 3 rings (SSSR count). The van der Waals surface area contributed by atoms with E-state index in [0.29, 0.717) is 5.82 Å². The maximum Gasteiger partial charge on any atom is 0.172 e. The number of aromatic nitrogens is 3. The number of nitrogens with zero attached hydrogens (tertiary/aromatic N) is 4. The molecule has 0 aliphatic heterocycles. The Hall–Kier alpha value is -2.58. The first-order valence-electron chi connectivity index (χ1n) is 8.59. The Balaban J connectivity index is 1.93. The van der Waals surface area contributed by atoms with Gasteiger partial charge in [-0.2, -0.15) is 0 Å². The summed E-state index contributed by atoms with van der Waals surface area (Å²) in [5, 5.41) is 3.95. The van der Waals surface area contributed by atoms with Gasteiger partial charge in [0.05, 0.1) is 6.20 Å². The summed E-state index contributed by atoms with van der Waals surface area (Å²) >= 11 is 1.58. The third-order valence-electron chi connectivity index (χ3n) is 3.68. The van der Waals surface area contributed by atoms with Crippen LogP contribution < -0.4 is 16.2 Å². The van der Waals surface area contributed by atoms with Crippen LogP contribution in [0.25, 0.3) is 5.65 Å². The zero-order chi connectivity index (χ0) is 18.4. The number of hydrazine groups is 1. The molecule has 0 saturated heterocycles. The molecule has 0 bridgehead atoms. The third kappa shape index (κ3) is 4.33. The van der Waals surface area contributed by atoms with E-state index in [-0.39, 0.29) is 0 Å². The topological polar surface area (TPSA) is 78.6 Å². The van der Waals surface area contributed by atoms with Crippen LogP contribution in [0.4, 0.5) is 11.5 Å². The lowest BCUT2D eigenvalue weighted by atomic mass is 10.3. The number of hydrogen-bond donors (Lipinski definition) is 3. The lowest BCUT2D eigenvalue weighted by molar-refractivity contribution is 0.676. The highest BCUT2D eigenvalue weighted by Gasteiger charge is 2.10. The second-order valence-corrected chi connectivity index (χ2v) is 6.57. The maximum atomic E-state index is 4.72. The van der Waals surface area contributed by atoms with Crippen LogP contribution in [0, 0.1) is 0 Å². The van der Waals surface area contributed by atoms with Gasteiger partial charge in [0.1, 0.15) is 10.9 Å². The van der Waals surface area contributed by atoms with Gasteiger partial charge >= 0.3 is 0 Å². The van der Waals surface area contributed by atoms with Crippen LogP contribution in [0.15, 0.2) is 57.8 Å². The molecule has 26 heavy (non-hydrogen) atoms. The zero-order valence-electron chi connectivity index (χ0n) is 15.2. The van der Waals surface area contributed by atoms with Crippen molar-refractivity contribution in [1.82, 2.24) is 25.2 Å². The molecule has 3 aromatic rings.